The maximum atomic E-state index is 10.1. The van der Waals surface area contributed by atoms with Crippen LogP contribution in [0.15, 0.2) is 0 Å². The van der Waals surface area contributed by atoms with Crippen molar-refractivity contribution < 1.29 is 9.00 Å². The quantitative estimate of drug-likeness (QED) is 0.310. The lowest BCUT2D eigenvalue weighted by atomic mass is 10.3. The first kappa shape index (κ1) is 4.52. The molecule has 0 radical (unpaired) electrons. The molecule has 1 heterocycles. The summed E-state index contributed by atoms with van der Waals surface area (Å²) in [6.45, 7) is 0.465. The zero-order valence-corrected chi connectivity index (χ0v) is 4.25. The maximum absolute atomic E-state index is 10.1. The molecule has 38 valence electrons. The highest BCUT2D eigenvalue weighted by Gasteiger charge is 2.19. The van der Waals surface area contributed by atoms with E-state index in [4.69, 9.17) is 0 Å². The van der Waals surface area contributed by atoms with Gasteiger partial charge >= 0.3 is 0 Å². The Morgan fingerprint density at radius 2 is 2.43 bits per heavy atom. The van der Waals surface area contributed by atoms with Crippen LogP contribution in [0.25, 0.3) is 0 Å². The van der Waals surface area contributed by atoms with E-state index in [1.165, 1.54) is 0 Å². The largest absolute Gasteiger partial charge is 0.346 e. The van der Waals surface area contributed by atoms with E-state index in [9.17, 15) is 9.00 Å². The number of carbonyl (C=O) groups is 1. The fourth-order valence-electron chi connectivity index (χ4n) is 0.300. The molecule has 0 aromatic carbocycles. The molecule has 0 atom stereocenters. The number of rotatable bonds is 0. The average Bonchev–Trinajstić information content (AvgIpc) is 1.65. The van der Waals surface area contributed by atoms with Crippen molar-refractivity contribution in [1.29, 1.82) is 0 Å². The van der Waals surface area contributed by atoms with E-state index < -0.39 is 0 Å². The highest BCUT2D eigenvalue weighted by molar-refractivity contribution is 7.69. The summed E-state index contributed by atoms with van der Waals surface area (Å²) in [5.41, 5.74) is 0. The number of β-lactam (4-membered cyclic amide) rings is 1. The number of amides is 1. The van der Waals surface area contributed by atoms with Crippen molar-refractivity contribution in [3.05, 3.63) is 0 Å². The van der Waals surface area contributed by atoms with Crippen LogP contribution >= 0.6 is 0 Å². The molecule has 0 bridgehead atoms. The van der Waals surface area contributed by atoms with Gasteiger partial charge < -0.3 is 5.32 Å². The summed E-state index contributed by atoms with van der Waals surface area (Å²) in [6.07, 6.45) is 0. The molecule has 0 aliphatic carbocycles. The van der Waals surface area contributed by atoms with Gasteiger partial charge in [-0.2, -0.15) is 0 Å². The molecule has 7 heavy (non-hydrogen) atoms. The van der Waals surface area contributed by atoms with E-state index in [0.717, 1.165) is 0 Å². The molecular formula is C3H3NO2S. The van der Waals surface area contributed by atoms with E-state index in [0.29, 0.717) is 11.4 Å². The molecule has 1 aliphatic rings. The van der Waals surface area contributed by atoms with Crippen LogP contribution in [-0.2, 0) is 16.1 Å². The number of hydrogen-bond acceptors (Lipinski definition) is 2. The van der Waals surface area contributed by atoms with Crippen molar-refractivity contribution in [2.24, 2.45) is 0 Å². The van der Waals surface area contributed by atoms with Gasteiger partial charge in [-0.15, -0.1) is 0 Å². The van der Waals surface area contributed by atoms with Gasteiger partial charge in [-0.3, -0.25) is 4.79 Å². The van der Waals surface area contributed by atoms with Crippen molar-refractivity contribution in [2.45, 2.75) is 0 Å². The topological polar surface area (TPSA) is 46.2 Å². The standard InChI is InChI=1S/C3H3NO2S/c5-3-2(7-6)1-4-3/h1H2,(H,4,5). The molecule has 0 saturated carbocycles. The lowest BCUT2D eigenvalue weighted by Crippen LogP contribution is -2.49. The summed E-state index contributed by atoms with van der Waals surface area (Å²) in [4.78, 5) is 10.5. The molecule has 4 heteroatoms. The molecule has 0 spiro atoms. The van der Waals surface area contributed by atoms with E-state index in [2.05, 4.69) is 5.32 Å². The first-order valence-electron chi connectivity index (χ1n) is 1.78. The van der Waals surface area contributed by atoms with Gasteiger partial charge in [0.15, 0.2) is 0 Å². The molecule has 1 saturated heterocycles. The fraction of sp³-hybridized carbons (Fsp3) is 0.333. The maximum Gasteiger partial charge on any atom is 0.262 e. The third kappa shape index (κ3) is 0.564. The Kier molecular flexibility index (Phi) is 0.941. The lowest BCUT2D eigenvalue weighted by molar-refractivity contribution is -0.116. The van der Waals surface area contributed by atoms with Crippen molar-refractivity contribution in [1.82, 2.24) is 5.32 Å². The van der Waals surface area contributed by atoms with Crippen LogP contribution in [0.4, 0.5) is 0 Å². The van der Waals surface area contributed by atoms with E-state index in [1.807, 2.05) is 0 Å². The van der Waals surface area contributed by atoms with Crippen LogP contribution in [0.5, 0.6) is 0 Å². The molecule has 1 amide bonds. The Balaban J connectivity index is 2.79. The zero-order valence-electron chi connectivity index (χ0n) is 3.43. The van der Waals surface area contributed by atoms with Crippen molar-refractivity contribution in [3.8, 4) is 0 Å². The van der Waals surface area contributed by atoms with Gasteiger partial charge in [0.05, 0.1) is 17.8 Å². The fourth-order valence-corrected chi connectivity index (χ4v) is 0.579. The number of nitrogens with one attached hydrogen (secondary N) is 1. The van der Waals surface area contributed by atoms with Crippen LogP contribution in [0.2, 0.25) is 0 Å². The molecule has 0 unspecified atom stereocenters. The molecule has 1 fully saturated rings. The van der Waals surface area contributed by atoms with Gasteiger partial charge in [0, 0.05) is 0 Å². The molecule has 1 N–H and O–H groups in total. The molecule has 0 aromatic heterocycles. The van der Waals surface area contributed by atoms with Gasteiger partial charge in [0.2, 0.25) is 0 Å². The number of carbonyl (C=O) groups excluding carboxylic acids is 1. The monoisotopic (exact) mass is 117 g/mol. The second kappa shape index (κ2) is 1.46. The summed E-state index contributed by atoms with van der Waals surface area (Å²) >= 11 is 0.274. The Bertz CT molecular complexity index is 158. The zero-order chi connectivity index (χ0) is 5.28. The summed E-state index contributed by atoms with van der Waals surface area (Å²) in [5.74, 6) is -0.208. The van der Waals surface area contributed by atoms with Crippen LogP contribution in [0.1, 0.15) is 0 Å². The Morgan fingerprint density at radius 3 is 2.43 bits per heavy atom. The Morgan fingerprint density at radius 1 is 1.71 bits per heavy atom. The lowest BCUT2D eigenvalue weighted by Gasteiger charge is -2.11. The van der Waals surface area contributed by atoms with Crippen molar-refractivity contribution in [2.75, 3.05) is 6.54 Å². The predicted octanol–water partition coefficient (Wildman–Crippen LogP) is -1.50. The smallest absolute Gasteiger partial charge is 0.262 e. The SMILES string of the molecule is O=S=C1CNC1=O. The van der Waals surface area contributed by atoms with Crippen LogP contribution in [0.3, 0.4) is 0 Å². The number of hydrogen-bond donors (Lipinski definition) is 1. The minimum Gasteiger partial charge on any atom is -0.346 e. The van der Waals surface area contributed by atoms with Crippen molar-refractivity contribution in [3.63, 3.8) is 0 Å². The van der Waals surface area contributed by atoms with Crippen LogP contribution in [-0.4, -0.2) is 21.5 Å². The van der Waals surface area contributed by atoms with Crippen LogP contribution in [0, 0.1) is 0 Å². The Labute approximate surface area is 43.8 Å². The second-order valence-electron chi connectivity index (χ2n) is 1.19. The first-order valence-corrected chi connectivity index (χ1v) is 2.52. The predicted molar refractivity (Wildman–Crippen MR) is 26.2 cm³/mol. The molecule has 1 aliphatic heterocycles. The second-order valence-corrected chi connectivity index (χ2v) is 1.85. The van der Waals surface area contributed by atoms with E-state index >= 15 is 0 Å². The average molecular weight is 117 g/mol. The summed E-state index contributed by atoms with van der Waals surface area (Å²) in [7, 11) is 0. The van der Waals surface area contributed by atoms with Crippen LogP contribution < -0.4 is 5.32 Å². The highest BCUT2D eigenvalue weighted by Crippen LogP contribution is 1.81. The van der Waals surface area contributed by atoms with Gasteiger partial charge in [-0.25, -0.2) is 4.21 Å². The summed E-state index contributed by atoms with van der Waals surface area (Å²) in [6, 6.07) is 0. The highest BCUT2D eigenvalue weighted by atomic mass is 32.1. The minimum atomic E-state index is -0.208. The molecule has 0 aromatic rings. The molecular weight excluding hydrogens is 114 g/mol. The van der Waals surface area contributed by atoms with E-state index in [1.54, 1.807) is 0 Å². The third-order valence-corrected chi connectivity index (χ3v) is 1.29. The van der Waals surface area contributed by atoms with Crippen molar-refractivity contribution >= 4 is 22.0 Å². The van der Waals surface area contributed by atoms with Gasteiger partial charge in [0.25, 0.3) is 5.91 Å². The third-order valence-electron chi connectivity index (χ3n) is 0.763. The van der Waals surface area contributed by atoms with Gasteiger partial charge in [0.1, 0.15) is 4.86 Å². The molecule has 1 rings (SSSR count). The summed E-state index contributed by atoms with van der Waals surface area (Å²) in [5, 5.41) is 2.41. The molecule has 3 nitrogen and oxygen atoms in total. The minimum absolute atomic E-state index is 0.208. The first-order chi connectivity index (χ1) is 3.34. The normalized spacial score (nSPS) is 17.7. The Hall–Kier alpha value is -0.640. The van der Waals surface area contributed by atoms with Gasteiger partial charge in [-0.1, -0.05) is 0 Å². The van der Waals surface area contributed by atoms with Gasteiger partial charge in [-0.05, 0) is 0 Å². The summed E-state index contributed by atoms with van der Waals surface area (Å²) < 4.78 is 9.74. The van der Waals surface area contributed by atoms with E-state index in [-0.39, 0.29) is 17.2 Å².